The van der Waals surface area contributed by atoms with Gasteiger partial charge < -0.3 is 10.2 Å². The third kappa shape index (κ3) is 8.62. The Kier molecular flexibility index (Phi) is 11.4. The van der Waals surface area contributed by atoms with E-state index in [1.165, 1.54) is 29.2 Å². The van der Waals surface area contributed by atoms with E-state index in [9.17, 15) is 18.0 Å². The van der Waals surface area contributed by atoms with Crippen LogP contribution in [-0.4, -0.2) is 43.8 Å². The Morgan fingerprint density at radius 1 is 0.795 bits per heavy atom. The van der Waals surface area contributed by atoms with E-state index >= 15 is 0 Å². The molecule has 0 bridgehead atoms. The van der Waals surface area contributed by atoms with Gasteiger partial charge in [-0.25, -0.2) is 8.42 Å². The van der Waals surface area contributed by atoms with Gasteiger partial charge >= 0.3 is 0 Å². The fourth-order valence-electron chi connectivity index (χ4n) is 4.68. The number of nitrogens with zero attached hydrogens (tertiary/aromatic N) is 2. The minimum Gasteiger partial charge on any atom is -0.352 e. The molecule has 0 saturated carbocycles. The summed E-state index contributed by atoms with van der Waals surface area (Å²) < 4.78 is 29.1. The van der Waals surface area contributed by atoms with Gasteiger partial charge in [0, 0.05) is 29.1 Å². The van der Waals surface area contributed by atoms with Crippen LogP contribution in [0.3, 0.4) is 0 Å². The highest BCUT2D eigenvalue weighted by Crippen LogP contribution is 2.26. The molecule has 1 N–H and O–H groups in total. The molecule has 10 heteroatoms. The molecule has 0 aliphatic rings. The number of amides is 2. The smallest absolute Gasteiger partial charge is 0.264 e. The summed E-state index contributed by atoms with van der Waals surface area (Å²) >= 11 is 12.3. The van der Waals surface area contributed by atoms with Gasteiger partial charge in [-0.15, -0.1) is 0 Å². The molecule has 0 saturated heterocycles. The summed E-state index contributed by atoms with van der Waals surface area (Å²) in [6.07, 6.45) is 0.928. The largest absolute Gasteiger partial charge is 0.352 e. The Hall–Kier alpha value is -3.85. The van der Waals surface area contributed by atoms with Crippen molar-refractivity contribution in [3.05, 3.63) is 130 Å². The van der Waals surface area contributed by atoms with Gasteiger partial charge in [0.25, 0.3) is 10.0 Å². The van der Waals surface area contributed by atoms with Crippen LogP contribution in [0.5, 0.6) is 0 Å². The summed E-state index contributed by atoms with van der Waals surface area (Å²) in [4.78, 5) is 29.7. The van der Waals surface area contributed by atoms with Crippen LogP contribution in [-0.2, 0) is 32.6 Å². The number of benzene rings is 4. The predicted molar refractivity (Wildman–Crippen MR) is 176 cm³/mol. The van der Waals surface area contributed by atoms with E-state index < -0.39 is 28.5 Å². The molecular weight excluding hydrogens is 617 g/mol. The lowest BCUT2D eigenvalue weighted by molar-refractivity contribution is -0.140. The van der Waals surface area contributed by atoms with Crippen molar-refractivity contribution in [1.82, 2.24) is 10.2 Å². The van der Waals surface area contributed by atoms with E-state index in [0.29, 0.717) is 27.7 Å². The second-order valence-corrected chi connectivity index (χ2v) is 13.2. The maximum atomic E-state index is 14.4. The van der Waals surface area contributed by atoms with Crippen molar-refractivity contribution in [2.75, 3.05) is 10.8 Å². The van der Waals surface area contributed by atoms with Gasteiger partial charge in [0.15, 0.2) is 0 Å². The molecule has 0 radical (unpaired) electrons. The molecule has 2 amide bonds. The summed E-state index contributed by atoms with van der Waals surface area (Å²) in [6, 6.07) is 29.6. The lowest BCUT2D eigenvalue weighted by Gasteiger charge is -2.34. The van der Waals surface area contributed by atoms with Gasteiger partial charge in [-0.1, -0.05) is 90.8 Å². The van der Waals surface area contributed by atoms with Crippen molar-refractivity contribution >= 4 is 50.7 Å². The Morgan fingerprint density at radius 3 is 2.02 bits per heavy atom. The van der Waals surface area contributed by atoms with Crippen molar-refractivity contribution in [3.63, 3.8) is 0 Å². The zero-order valence-corrected chi connectivity index (χ0v) is 26.9. The number of carbonyl (C=O) groups is 2. The van der Waals surface area contributed by atoms with E-state index in [2.05, 4.69) is 5.32 Å². The Labute approximate surface area is 269 Å². The zero-order chi connectivity index (χ0) is 31.7. The standard InChI is InChI=1S/C34H35Cl2N3O4S/c1-3-25(2)37-34(41)32(22-26-11-6-4-7-12-26)38(23-27-13-10-14-29(36)21-27)33(40)24-39(30-15-8-5-9-16-30)44(42,43)31-19-17-28(35)18-20-31/h4-21,25,32H,3,22-24H2,1-2H3,(H,37,41)/t25-,32+/m0/s1. The number of anilines is 1. The molecule has 0 fully saturated rings. The number of rotatable bonds is 13. The first-order valence-corrected chi connectivity index (χ1v) is 16.5. The Morgan fingerprint density at radius 2 is 1.41 bits per heavy atom. The van der Waals surface area contributed by atoms with E-state index in [1.54, 1.807) is 48.5 Å². The van der Waals surface area contributed by atoms with Gasteiger partial charge in [0.1, 0.15) is 12.6 Å². The molecule has 0 unspecified atom stereocenters. The SMILES string of the molecule is CC[C@H](C)NC(=O)[C@@H](Cc1ccccc1)N(Cc1cccc(Cl)c1)C(=O)CN(c1ccccc1)S(=O)(=O)c1ccc(Cl)cc1. The van der Waals surface area contributed by atoms with E-state index in [0.717, 1.165) is 9.87 Å². The average Bonchev–Trinajstić information content (AvgIpc) is 3.02. The van der Waals surface area contributed by atoms with Crippen LogP contribution in [0.15, 0.2) is 114 Å². The molecule has 0 spiro atoms. The Balaban J connectivity index is 1.79. The maximum Gasteiger partial charge on any atom is 0.264 e. The second-order valence-electron chi connectivity index (χ2n) is 10.5. The van der Waals surface area contributed by atoms with Gasteiger partial charge in [0.2, 0.25) is 11.8 Å². The zero-order valence-electron chi connectivity index (χ0n) is 24.6. The molecule has 0 aliphatic heterocycles. The number of nitrogens with one attached hydrogen (secondary N) is 1. The number of halogens is 2. The number of hydrogen-bond acceptors (Lipinski definition) is 4. The number of hydrogen-bond donors (Lipinski definition) is 1. The number of sulfonamides is 1. The van der Waals surface area contributed by atoms with Crippen LogP contribution in [0.2, 0.25) is 10.0 Å². The number of para-hydroxylation sites is 1. The van der Waals surface area contributed by atoms with Crippen LogP contribution in [0, 0.1) is 0 Å². The summed E-state index contributed by atoms with van der Waals surface area (Å²) in [5.41, 5.74) is 1.86. The molecule has 0 aromatic heterocycles. The van der Waals surface area contributed by atoms with Crippen LogP contribution in [0.1, 0.15) is 31.4 Å². The first kappa shape index (κ1) is 33.1. The minimum absolute atomic E-state index is 0.0182. The molecule has 4 aromatic rings. The van der Waals surface area contributed by atoms with Crippen molar-refractivity contribution in [3.8, 4) is 0 Å². The molecule has 44 heavy (non-hydrogen) atoms. The third-order valence-electron chi connectivity index (χ3n) is 7.24. The molecule has 7 nitrogen and oxygen atoms in total. The average molecular weight is 653 g/mol. The summed E-state index contributed by atoms with van der Waals surface area (Å²) in [6.45, 7) is 3.35. The normalized spacial score (nSPS) is 12.6. The second kappa shape index (κ2) is 15.2. The highest BCUT2D eigenvalue weighted by atomic mass is 35.5. The molecule has 0 aliphatic carbocycles. The van der Waals surface area contributed by atoms with Crippen molar-refractivity contribution in [1.29, 1.82) is 0 Å². The quantitative estimate of drug-likeness (QED) is 0.173. The summed E-state index contributed by atoms with van der Waals surface area (Å²) in [5, 5.41) is 3.89. The molecular formula is C34H35Cl2N3O4S. The third-order valence-corrected chi connectivity index (χ3v) is 9.51. The van der Waals surface area contributed by atoms with Crippen LogP contribution in [0.25, 0.3) is 0 Å². The van der Waals surface area contributed by atoms with Gasteiger partial charge in [-0.05, 0) is 73.0 Å². The van der Waals surface area contributed by atoms with E-state index in [1.807, 2.05) is 50.2 Å². The molecule has 4 aromatic carbocycles. The van der Waals surface area contributed by atoms with Crippen LogP contribution < -0.4 is 9.62 Å². The minimum atomic E-state index is -4.20. The summed E-state index contributed by atoms with van der Waals surface area (Å²) in [5.74, 6) is -0.878. The van der Waals surface area contributed by atoms with E-state index in [-0.39, 0.29) is 29.8 Å². The first-order valence-electron chi connectivity index (χ1n) is 14.3. The van der Waals surface area contributed by atoms with Crippen LogP contribution >= 0.6 is 23.2 Å². The van der Waals surface area contributed by atoms with Gasteiger partial charge in [-0.2, -0.15) is 0 Å². The van der Waals surface area contributed by atoms with Crippen LogP contribution in [0.4, 0.5) is 5.69 Å². The molecule has 2 atom stereocenters. The maximum absolute atomic E-state index is 14.4. The van der Waals surface area contributed by atoms with Crippen molar-refractivity contribution < 1.29 is 18.0 Å². The highest BCUT2D eigenvalue weighted by molar-refractivity contribution is 7.92. The summed E-state index contributed by atoms with van der Waals surface area (Å²) in [7, 11) is -4.20. The lowest BCUT2D eigenvalue weighted by Crippen LogP contribution is -2.54. The number of carbonyl (C=O) groups excluding carboxylic acids is 2. The van der Waals surface area contributed by atoms with E-state index in [4.69, 9.17) is 23.2 Å². The fourth-order valence-corrected chi connectivity index (χ4v) is 6.44. The predicted octanol–water partition coefficient (Wildman–Crippen LogP) is 6.74. The first-order chi connectivity index (χ1) is 21.1. The fraction of sp³-hybridized carbons (Fsp3) is 0.235. The van der Waals surface area contributed by atoms with Gasteiger partial charge in [-0.3, -0.25) is 13.9 Å². The van der Waals surface area contributed by atoms with Crippen molar-refractivity contribution in [2.24, 2.45) is 0 Å². The van der Waals surface area contributed by atoms with Crippen molar-refractivity contribution in [2.45, 2.75) is 50.2 Å². The Bertz CT molecular complexity index is 1650. The van der Waals surface area contributed by atoms with Gasteiger partial charge in [0.05, 0.1) is 10.6 Å². The monoisotopic (exact) mass is 651 g/mol. The highest BCUT2D eigenvalue weighted by Gasteiger charge is 2.35. The molecule has 4 rings (SSSR count). The molecule has 230 valence electrons. The molecule has 0 heterocycles. The lowest BCUT2D eigenvalue weighted by atomic mass is 10.0. The topological polar surface area (TPSA) is 86.8 Å².